The predicted molar refractivity (Wildman–Crippen MR) is 77.1 cm³/mol. The molecule has 0 aliphatic rings. The van der Waals surface area contributed by atoms with Crippen molar-refractivity contribution in [3.63, 3.8) is 0 Å². The van der Waals surface area contributed by atoms with E-state index in [0.29, 0.717) is 12.3 Å². The number of hydrogen-bond donors (Lipinski definition) is 0. The fourth-order valence-corrected chi connectivity index (χ4v) is 2.07. The second-order valence-electron chi connectivity index (χ2n) is 5.26. The Morgan fingerprint density at radius 3 is 2.61 bits per heavy atom. The van der Waals surface area contributed by atoms with Crippen molar-refractivity contribution in [1.82, 2.24) is 4.90 Å². The third-order valence-corrected chi connectivity index (χ3v) is 3.49. The van der Waals surface area contributed by atoms with Crippen molar-refractivity contribution < 1.29 is 4.79 Å². The lowest BCUT2D eigenvalue weighted by atomic mass is 10.0. The molecule has 18 heavy (non-hydrogen) atoms. The lowest BCUT2D eigenvalue weighted by molar-refractivity contribution is 0.0966. The Kier molecular flexibility index (Phi) is 6.06. The van der Waals surface area contributed by atoms with Gasteiger partial charge in [0.2, 0.25) is 0 Å². The first-order chi connectivity index (χ1) is 8.54. The minimum atomic E-state index is 0.254. The molecule has 0 aromatic heterocycles. The zero-order valence-electron chi connectivity index (χ0n) is 12.1. The predicted octanol–water partition coefficient (Wildman–Crippen LogP) is 3.55. The number of carbonyl (C=O) groups is 1. The molecule has 0 saturated carbocycles. The summed E-state index contributed by atoms with van der Waals surface area (Å²) in [7, 11) is 2.09. The molecule has 1 atom stereocenters. The zero-order valence-corrected chi connectivity index (χ0v) is 12.1. The number of benzene rings is 1. The van der Waals surface area contributed by atoms with Crippen LogP contribution in [0.4, 0.5) is 0 Å². The van der Waals surface area contributed by atoms with Gasteiger partial charge in [-0.25, -0.2) is 0 Å². The van der Waals surface area contributed by atoms with Crippen molar-refractivity contribution in [3.8, 4) is 0 Å². The van der Waals surface area contributed by atoms with E-state index < -0.39 is 0 Å². The van der Waals surface area contributed by atoms with Crippen LogP contribution in [-0.2, 0) is 0 Å². The standard InChI is InChI=1S/C16H25NO/c1-5-13(2)12-17(4)11-10-16(18)15-9-7-6-8-14(15)3/h6-9,13H,5,10-12H2,1-4H3. The second kappa shape index (κ2) is 7.32. The summed E-state index contributed by atoms with van der Waals surface area (Å²) in [6, 6.07) is 7.83. The van der Waals surface area contributed by atoms with Gasteiger partial charge in [0.15, 0.2) is 5.78 Å². The fourth-order valence-electron chi connectivity index (χ4n) is 2.07. The summed E-state index contributed by atoms with van der Waals surface area (Å²) in [4.78, 5) is 14.4. The van der Waals surface area contributed by atoms with Gasteiger partial charge in [0, 0.05) is 25.1 Å². The smallest absolute Gasteiger partial charge is 0.164 e. The SMILES string of the molecule is CCC(C)CN(C)CCC(=O)c1ccccc1C. The number of carbonyl (C=O) groups excluding carboxylic acids is 1. The number of Topliss-reactive ketones (excluding diaryl/α,β-unsaturated/α-hetero) is 1. The van der Waals surface area contributed by atoms with E-state index in [1.807, 2.05) is 31.2 Å². The number of nitrogens with zero attached hydrogens (tertiary/aromatic N) is 1. The maximum absolute atomic E-state index is 12.1. The van der Waals surface area contributed by atoms with Gasteiger partial charge in [-0.1, -0.05) is 44.5 Å². The van der Waals surface area contributed by atoms with Crippen molar-refractivity contribution in [3.05, 3.63) is 35.4 Å². The molecule has 0 N–H and O–H groups in total. The average molecular weight is 247 g/mol. The first-order valence-corrected chi connectivity index (χ1v) is 6.82. The summed E-state index contributed by atoms with van der Waals surface area (Å²) in [6.07, 6.45) is 1.80. The number of hydrogen-bond acceptors (Lipinski definition) is 2. The Morgan fingerprint density at radius 2 is 2.00 bits per heavy atom. The third kappa shape index (κ3) is 4.61. The molecular weight excluding hydrogens is 222 g/mol. The van der Waals surface area contributed by atoms with E-state index in [9.17, 15) is 4.79 Å². The van der Waals surface area contributed by atoms with Crippen LogP contribution in [0.2, 0.25) is 0 Å². The Bertz CT molecular complexity index is 386. The Balaban J connectivity index is 2.44. The third-order valence-electron chi connectivity index (χ3n) is 3.49. The van der Waals surface area contributed by atoms with Crippen molar-refractivity contribution in [1.29, 1.82) is 0 Å². The maximum Gasteiger partial charge on any atom is 0.164 e. The zero-order chi connectivity index (χ0) is 13.5. The van der Waals surface area contributed by atoms with E-state index in [1.54, 1.807) is 0 Å². The molecule has 1 aromatic rings. The van der Waals surface area contributed by atoms with E-state index >= 15 is 0 Å². The molecular formula is C16H25NO. The van der Waals surface area contributed by atoms with Crippen LogP contribution in [0, 0.1) is 12.8 Å². The van der Waals surface area contributed by atoms with Gasteiger partial charge in [0.1, 0.15) is 0 Å². The first-order valence-electron chi connectivity index (χ1n) is 6.82. The highest BCUT2D eigenvalue weighted by atomic mass is 16.1. The van der Waals surface area contributed by atoms with Gasteiger partial charge in [0.25, 0.3) is 0 Å². The molecule has 0 spiro atoms. The normalized spacial score (nSPS) is 12.7. The molecule has 0 aliphatic heterocycles. The monoisotopic (exact) mass is 247 g/mol. The van der Waals surface area contributed by atoms with E-state index in [0.717, 1.165) is 24.2 Å². The van der Waals surface area contributed by atoms with E-state index in [-0.39, 0.29) is 5.78 Å². The van der Waals surface area contributed by atoms with E-state index in [4.69, 9.17) is 0 Å². The largest absolute Gasteiger partial charge is 0.306 e. The van der Waals surface area contributed by atoms with Crippen LogP contribution in [-0.4, -0.2) is 30.8 Å². The Hall–Kier alpha value is -1.15. The molecule has 2 heteroatoms. The molecule has 2 nitrogen and oxygen atoms in total. The van der Waals surface area contributed by atoms with Gasteiger partial charge in [-0.15, -0.1) is 0 Å². The fraction of sp³-hybridized carbons (Fsp3) is 0.562. The summed E-state index contributed by atoms with van der Waals surface area (Å²) >= 11 is 0. The summed E-state index contributed by atoms with van der Waals surface area (Å²) in [5.74, 6) is 0.952. The quantitative estimate of drug-likeness (QED) is 0.687. The molecule has 0 heterocycles. The number of aryl methyl sites for hydroxylation is 1. The highest BCUT2D eigenvalue weighted by Crippen LogP contribution is 2.10. The highest BCUT2D eigenvalue weighted by molar-refractivity contribution is 5.97. The average Bonchev–Trinajstić information content (AvgIpc) is 2.36. The summed E-state index contributed by atoms with van der Waals surface area (Å²) < 4.78 is 0. The van der Waals surface area contributed by atoms with Gasteiger partial charge >= 0.3 is 0 Å². The molecule has 100 valence electrons. The molecule has 1 aromatic carbocycles. The lowest BCUT2D eigenvalue weighted by Gasteiger charge is -2.20. The van der Waals surface area contributed by atoms with Crippen molar-refractivity contribution in [2.75, 3.05) is 20.1 Å². The summed E-state index contributed by atoms with van der Waals surface area (Å²) in [5.41, 5.74) is 1.95. The number of rotatable bonds is 7. The first kappa shape index (κ1) is 14.9. The van der Waals surface area contributed by atoms with Gasteiger partial charge in [0.05, 0.1) is 0 Å². The lowest BCUT2D eigenvalue weighted by Crippen LogP contribution is -2.26. The van der Waals surface area contributed by atoms with Gasteiger partial charge in [-0.3, -0.25) is 4.79 Å². The van der Waals surface area contributed by atoms with Crippen molar-refractivity contribution >= 4 is 5.78 Å². The molecule has 0 fully saturated rings. The van der Waals surface area contributed by atoms with Crippen LogP contribution in [0.1, 0.15) is 42.6 Å². The molecule has 1 rings (SSSR count). The van der Waals surface area contributed by atoms with Gasteiger partial charge in [-0.05, 0) is 25.5 Å². The molecule has 0 aliphatic carbocycles. The Labute approximate surface area is 111 Å². The molecule has 0 saturated heterocycles. The van der Waals surface area contributed by atoms with Crippen molar-refractivity contribution in [2.45, 2.75) is 33.6 Å². The summed E-state index contributed by atoms with van der Waals surface area (Å²) in [6.45, 7) is 8.36. The van der Waals surface area contributed by atoms with E-state index in [1.165, 1.54) is 6.42 Å². The minimum absolute atomic E-state index is 0.254. The van der Waals surface area contributed by atoms with E-state index in [2.05, 4.69) is 25.8 Å². The van der Waals surface area contributed by atoms with Gasteiger partial charge < -0.3 is 4.90 Å². The van der Waals surface area contributed by atoms with Crippen LogP contribution in [0.15, 0.2) is 24.3 Å². The van der Waals surface area contributed by atoms with Crippen LogP contribution >= 0.6 is 0 Å². The summed E-state index contributed by atoms with van der Waals surface area (Å²) in [5, 5.41) is 0. The Morgan fingerprint density at radius 1 is 1.33 bits per heavy atom. The van der Waals surface area contributed by atoms with Crippen LogP contribution < -0.4 is 0 Å². The van der Waals surface area contributed by atoms with Crippen molar-refractivity contribution in [2.24, 2.45) is 5.92 Å². The molecule has 0 radical (unpaired) electrons. The molecule has 0 amide bonds. The van der Waals surface area contributed by atoms with Crippen LogP contribution in [0.25, 0.3) is 0 Å². The van der Waals surface area contributed by atoms with Crippen LogP contribution in [0.3, 0.4) is 0 Å². The highest BCUT2D eigenvalue weighted by Gasteiger charge is 2.10. The topological polar surface area (TPSA) is 20.3 Å². The van der Waals surface area contributed by atoms with Crippen LogP contribution in [0.5, 0.6) is 0 Å². The molecule has 0 bridgehead atoms. The second-order valence-corrected chi connectivity index (χ2v) is 5.26. The minimum Gasteiger partial charge on any atom is -0.306 e. The molecule has 1 unspecified atom stereocenters. The number of ketones is 1. The van der Waals surface area contributed by atoms with Gasteiger partial charge in [-0.2, -0.15) is 0 Å². The maximum atomic E-state index is 12.1.